The van der Waals surface area contributed by atoms with Crippen molar-refractivity contribution < 1.29 is 4.42 Å². The molecule has 5 heteroatoms. The van der Waals surface area contributed by atoms with Crippen LogP contribution in [0.25, 0.3) is 11.6 Å². The monoisotopic (exact) mass is 194 g/mol. The zero-order valence-electron chi connectivity index (χ0n) is 6.85. The Labute approximate surface area is 78.0 Å². The van der Waals surface area contributed by atoms with Gasteiger partial charge in [0.2, 0.25) is 0 Å². The van der Waals surface area contributed by atoms with Gasteiger partial charge in [-0.25, -0.2) is 4.79 Å². The molecule has 0 N–H and O–H groups in total. The highest BCUT2D eigenvalue weighted by Crippen LogP contribution is 2.12. The lowest BCUT2D eigenvalue weighted by Gasteiger charge is -1.93. The molecule has 2 aromatic heterocycles. The van der Waals surface area contributed by atoms with E-state index in [1.807, 2.05) is 13.0 Å². The molecular weight excluding hydrogens is 188 g/mol. The van der Waals surface area contributed by atoms with Crippen LogP contribution in [0.5, 0.6) is 0 Å². The molecule has 0 saturated heterocycles. The molecule has 0 unspecified atom stereocenters. The number of pyridine rings is 1. The summed E-state index contributed by atoms with van der Waals surface area (Å²) in [4.78, 5) is 14.4. The van der Waals surface area contributed by atoms with Gasteiger partial charge >= 0.3 is 4.94 Å². The van der Waals surface area contributed by atoms with Crippen LogP contribution in [0.1, 0.15) is 5.56 Å². The topological polar surface area (TPSA) is 56.0 Å². The second kappa shape index (κ2) is 3.10. The van der Waals surface area contributed by atoms with E-state index in [4.69, 9.17) is 4.42 Å². The molecule has 0 aliphatic carbocycles. The van der Waals surface area contributed by atoms with Gasteiger partial charge in [0.1, 0.15) is 5.69 Å². The summed E-state index contributed by atoms with van der Waals surface area (Å²) in [6, 6.07) is 3.66. The molecule has 0 saturated carbocycles. The van der Waals surface area contributed by atoms with Crippen molar-refractivity contribution in [2.75, 3.05) is 0 Å². The van der Waals surface area contributed by atoms with Crippen molar-refractivity contribution in [2.45, 2.75) is 6.92 Å². The lowest BCUT2D eigenvalue weighted by molar-refractivity contribution is 0.541. The van der Waals surface area contributed by atoms with Gasteiger partial charge in [-0.1, -0.05) is 6.07 Å². The predicted molar refractivity (Wildman–Crippen MR) is 48.6 cm³/mol. The number of hydrogen-bond donors (Lipinski definition) is 0. The minimum absolute atomic E-state index is 0.287. The average molecular weight is 194 g/mol. The normalized spacial score (nSPS) is 10.2. The Morgan fingerprint density at radius 3 is 2.85 bits per heavy atom. The van der Waals surface area contributed by atoms with Gasteiger partial charge in [-0.3, -0.25) is 4.98 Å². The summed E-state index contributed by atoms with van der Waals surface area (Å²) >= 11 is 0.791. The van der Waals surface area contributed by atoms with Crippen LogP contribution in [-0.2, 0) is 0 Å². The standard InChI is InChI=1S/C8H6N2O2S/c1-5-2-3-6(9-4-5)7-10-13-8(11)12-7/h2-4H,1H3. The summed E-state index contributed by atoms with van der Waals surface area (Å²) in [5, 5.41) is 0. The van der Waals surface area contributed by atoms with Crippen LogP contribution in [0.15, 0.2) is 27.5 Å². The number of rotatable bonds is 1. The van der Waals surface area contributed by atoms with Crippen molar-refractivity contribution in [3.05, 3.63) is 33.6 Å². The third kappa shape index (κ3) is 1.65. The molecule has 66 valence electrons. The Bertz CT molecular complexity index is 457. The van der Waals surface area contributed by atoms with Crippen molar-refractivity contribution in [1.82, 2.24) is 9.36 Å². The molecule has 0 spiro atoms. The largest absolute Gasteiger partial charge is 0.414 e. The third-order valence-corrected chi connectivity index (χ3v) is 2.00. The van der Waals surface area contributed by atoms with Crippen LogP contribution < -0.4 is 4.94 Å². The SMILES string of the molecule is Cc1ccc(-c2nsc(=O)o2)nc1. The Balaban J connectivity index is 2.47. The molecule has 0 atom stereocenters. The van der Waals surface area contributed by atoms with Gasteiger partial charge in [-0.2, -0.15) is 0 Å². The predicted octanol–water partition coefficient (Wildman–Crippen LogP) is 1.47. The fraction of sp³-hybridized carbons (Fsp3) is 0.125. The van der Waals surface area contributed by atoms with Crippen LogP contribution in [-0.4, -0.2) is 9.36 Å². The van der Waals surface area contributed by atoms with E-state index in [1.54, 1.807) is 12.3 Å². The first-order chi connectivity index (χ1) is 6.25. The maximum atomic E-state index is 10.7. The van der Waals surface area contributed by atoms with Crippen molar-refractivity contribution >= 4 is 11.5 Å². The molecule has 0 fully saturated rings. The van der Waals surface area contributed by atoms with Crippen LogP contribution in [0.3, 0.4) is 0 Å². The second-order valence-electron chi connectivity index (χ2n) is 2.56. The molecule has 2 heterocycles. The zero-order valence-corrected chi connectivity index (χ0v) is 7.67. The first kappa shape index (κ1) is 8.12. The Hall–Kier alpha value is -1.49. The highest BCUT2D eigenvalue weighted by Gasteiger charge is 2.05. The zero-order chi connectivity index (χ0) is 9.26. The first-order valence-corrected chi connectivity index (χ1v) is 4.43. The minimum atomic E-state index is -0.405. The Morgan fingerprint density at radius 2 is 2.31 bits per heavy atom. The number of aromatic nitrogens is 2. The van der Waals surface area contributed by atoms with Gasteiger partial charge in [0.05, 0.1) is 11.5 Å². The van der Waals surface area contributed by atoms with E-state index in [2.05, 4.69) is 9.36 Å². The van der Waals surface area contributed by atoms with Gasteiger partial charge in [0, 0.05) is 6.20 Å². The molecule has 0 aromatic carbocycles. The fourth-order valence-electron chi connectivity index (χ4n) is 0.888. The highest BCUT2D eigenvalue weighted by molar-refractivity contribution is 7.02. The maximum absolute atomic E-state index is 10.7. The molecule has 13 heavy (non-hydrogen) atoms. The Kier molecular flexibility index (Phi) is 1.94. The molecule has 0 amide bonds. The maximum Gasteiger partial charge on any atom is 0.414 e. The van der Waals surface area contributed by atoms with Crippen LogP contribution in [0.4, 0.5) is 0 Å². The number of hydrogen-bond acceptors (Lipinski definition) is 5. The molecule has 0 radical (unpaired) electrons. The summed E-state index contributed by atoms with van der Waals surface area (Å²) in [7, 11) is 0. The first-order valence-electron chi connectivity index (χ1n) is 3.65. The van der Waals surface area contributed by atoms with Crippen LogP contribution in [0.2, 0.25) is 0 Å². The highest BCUT2D eigenvalue weighted by atomic mass is 32.1. The molecular formula is C8H6N2O2S. The number of aryl methyl sites for hydroxylation is 1. The van der Waals surface area contributed by atoms with Gasteiger partial charge < -0.3 is 4.42 Å². The Morgan fingerprint density at radius 1 is 1.46 bits per heavy atom. The third-order valence-electron chi connectivity index (χ3n) is 1.51. The van der Waals surface area contributed by atoms with E-state index in [9.17, 15) is 4.79 Å². The summed E-state index contributed by atoms with van der Waals surface area (Å²) in [5.41, 5.74) is 1.64. The van der Waals surface area contributed by atoms with E-state index in [-0.39, 0.29) is 5.89 Å². The van der Waals surface area contributed by atoms with E-state index < -0.39 is 4.94 Å². The van der Waals surface area contributed by atoms with Gasteiger partial charge in [0.25, 0.3) is 5.89 Å². The van der Waals surface area contributed by atoms with Crippen molar-refractivity contribution in [3.63, 3.8) is 0 Å². The quantitative estimate of drug-likeness (QED) is 0.689. The van der Waals surface area contributed by atoms with Gasteiger partial charge in [-0.15, -0.1) is 4.37 Å². The molecule has 4 nitrogen and oxygen atoms in total. The van der Waals surface area contributed by atoms with Crippen LogP contribution in [0, 0.1) is 6.92 Å². The molecule has 0 aliphatic rings. The van der Waals surface area contributed by atoms with Gasteiger partial charge in [-0.05, 0) is 18.6 Å². The molecule has 2 aromatic rings. The summed E-state index contributed by atoms with van der Waals surface area (Å²) in [5.74, 6) is 0.287. The van der Waals surface area contributed by atoms with Gasteiger partial charge in [0.15, 0.2) is 0 Å². The summed E-state index contributed by atoms with van der Waals surface area (Å²) in [6.07, 6.45) is 1.70. The van der Waals surface area contributed by atoms with Crippen molar-refractivity contribution in [2.24, 2.45) is 0 Å². The molecule has 2 rings (SSSR count). The van der Waals surface area contributed by atoms with E-state index >= 15 is 0 Å². The van der Waals surface area contributed by atoms with Crippen LogP contribution >= 0.6 is 11.5 Å². The minimum Gasteiger partial charge on any atom is -0.392 e. The summed E-state index contributed by atoms with van der Waals surface area (Å²) in [6.45, 7) is 1.94. The lowest BCUT2D eigenvalue weighted by Crippen LogP contribution is -1.85. The molecule has 0 bridgehead atoms. The smallest absolute Gasteiger partial charge is 0.392 e. The lowest BCUT2D eigenvalue weighted by atomic mass is 10.3. The summed E-state index contributed by atoms with van der Waals surface area (Å²) < 4.78 is 8.61. The van der Waals surface area contributed by atoms with Crippen molar-refractivity contribution in [3.8, 4) is 11.6 Å². The van der Waals surface area contributed by atoms with Crippen molar-refractivity contribution in [1.29, 1.82) is 0 Å². The number of nitrogens with zero attached hydrogens (tertiary/aromatic N) is 2. The van der Waals surface area contributed by atoms with E-state index in [1.165, 1.54) is 0 Å². The van der Waals surface area contributed by atoms with E-state index in [0.29, 0.717) is 5.69 Å². The molecule has 0 aliphatic heterocycles. The fourth-order valence-corrected chi connectivity index (χ4v) is 1.29. The van der Waals surface area contributed by atoms with E-state index in [0.717, 1.165) is 17.1 Å². The second-order valence-corrected chi connectivity index (χ2v) is 3.26. The average Bonchev–Trinajstić information content (AvgIpc) is 2.53.